The fourth-order valence-electron chi connectivity index (χ4n) is 0.860. The van der Waals surface area contributed by atoms with E-state index in [1.54, 1.807) is 5.38 Å². The second-order valence-corrected chi connectivity index (χ2v) is 3.31. The predicted octanol–water partition coefficient (Wildman–Crippen LogP) is 1.41. The molecule has 1 aromatic rings. The molecule has 14 heavy (non-hydrogen) atoms. The van der Waals surface area contributed by atoms with Crippen molar-refractivity contribution in [2.24, 2.45) is 0 Å². The first-order valence-electron chi connectivity index (χ1n) is 3.69. The molecule has 72 valence electrons. The number of nitrogens with one attached hydrogen (secondary N) is 1. The summed E-state index contributed by atoms with van der Waals surface area (Å²) in [7, 11) is 0. The van der Waals surface area contributed by atoms with Gasteiger partial charge in [0.2, 0.25) is 5.91 Å². The van der Waals surface area contributed by atoms with Crippen molar-refractivity contribution in [3.8, 4) is 12.3 Å². The smallest absolute Gasteiger partial charge is 0.348 e. The molecule has 4 nitrogen and oxygen atoms in total. The minimum absolute atomic E-state index is 0.0606. The Hall–Kier alpha value is -1.80. The number of rotatable bonds is 3. The molecule has 0 saturated heterocycles. The summed E-state index contributed by atoms with van der Waals surface area (Å²) in [5, 5.41) is 12.7. The Kier molecular flexibility index (Phi) is 3.26. The lowest BCUT2D eigenvalue weighted by molar-refractivity contribution is -0.115. The van der Waals surface area contributed by atoms with Gasteiger partial charge in [0.1, 0.15) is 4.88 Å². The van der Waals surface area contributed by atoms with Crippen molar-refractivity contribution in [2.75, 3.05) is 5.32 Å². The SMILES string of the molecule is C#CCC(=O)Nc1ccsc1C(=O)O. The van der Waals surface area contributed by atoms with E-state index in [2.05, 4.69) is 11.2 Å². The summed E-state index contributed by atoms with van der Waals surface area (Å²) >= 11 is 1.05. The van der Waals surface area contributed by atoms with Crippen LogP contribution in [0.4, 0.5) is 5.69 Å². The highest BCUT2D eigenvalue weighted by atomic mass is 32.1. The van der Waals surface area contributed by atoms with Crippen LogP contribution in [0.5, 0.6) is 0 Å². The number of carbonyl (C=O) groups is 2. The Bertz CT molecular complexity index is 402. The molecule has 1 rings (SSSR count). The number of hydrogen-bond acceptors (Lipinski definition) is 3. The van der Waals surface area contributed by atoms with Crippen LogP contribution < -0.4 is 5.32 Å². The normalized spacial score (nSPS) is 9.07. The fraction of sp³-hybridized carbons (Fsp3) is 0.111. The second-order valence-electron chi connectivity index (χ2n) is 2.40. The molecule has 5 heteroatoms. The molecule has 1 heterocycles. The fourth-order valence-corrected chi connectivity index (χ4v) is 1.55. The Balaban J connectivity index is 2.77. The van der Waals surface area contributed by atoms with Gasteiger partial charge in [0.25, 0.3) is 0 Å². The van der Waals surface area contributed by atoms with Gasteiger partial charge in [-0.2, -0.15) is 0 Å². The number of hydrogen-bond donors (Lipinski definition) is 2. The summed E-state index contributed by atoms with van der Waals surface area (Å²) in [6, 6.07) is 1.53. The van der Waals surface area contributed by atoms with Crippen LogP contribution in [-0.2, 0) is 4.79 Å². The standard InChI is InChI=1S/C9H7NO3S/c1-2-3-7(11)10-6-4-5-14-8(6)9(12)13/h1,4-5H,3H2,(H,10,11)(H,12,13). The molecule has 0 atom stereocenters. The molecule has 0 aliphatic carbocycles. The third-order valence-electron chi connectivity index (χ3n) is 1.40. The molecule has 0 spiro atoms. The number of carboxylic acids is 1. The van der Waals surface area contributed by atoms with Gasteiger partial charge in [-0.1, -0.05) is 5.92 Å². The average Bonchev–Trinajstić information content (AvgIpc) is 2.52. The summed E-state index contributed by atoms with van der Waals surface area (Å²) < 4.78 is 0. The first-order valence-corrected chi connectivity index (χ1v) is 4.57. The zero-order valence-electron chi connectivity index (χ0n) is 7.11. The molecule has 0 unspecified atom stereocenters. The lowest BCUT2D eigenvalue weighted by Gasteiger charge is -2.00. The molecule has 0 saturated carbocycles. The number of aromatic carboxylic acids is 1. The van der Waals surface area contributed by atoms with Crippen molar-refractivity contribution in [3.05, 3.63) is 16.3 Å². The number of anilines is 1. The maximum atomic E-state index is 11.0. The molecule has 0 radical (unpaired) electrons. The van der Waals surface area contributed by atoms with Crippen molar-refractivity contribution in [1.82, 2.24) is 0 Å². The van der Waals surface area contributed by atoms with E-state index in [4.69, 9.17) is 11.5 Å². The molecule has 2 N–H and O–H groups in total. The maximum absolute atomic E-state index is 11.0. The van der Waals surface area contributed by atoms with Gasteiger partial charge in [0, 0.05) is 0 Å². The molecule has 1 aromatic heterocycles. The van der Waals surface area contributed by atoms with E-state index in [0.29, 0.717) is 5.69 Å². The highest BCUT2D eigenvalue weighted by Gasteiger charge is 2.12. The number of terminal acetylenes is 1. The van der Waals surface area contributed by atoms with Gasteiger partial charge in [0.15, 0.2) is 0 Å². The van der Waals surface area contributed by atoms with Gasteiger partial charge in [0.05, 0.1) is 12.1 Å². The molecule has 0 bridgehead atoms. The highest BCUT2D eigenvalue weighted by Crippen LogP contribution is 2.21. The van der Waals surface area contributed by atoms with Crippen LogP contribution in [0.3, 0.4) is 0 Å². The zero-order chi connectivity index (χ0) is 10.6. The third kappa shape index (κ3) is 2.34. The number of carboxylic acid groups (broad SMARTS) is 1. The van der Waals surface area contributed by atoms with Crippen molar-refractivity contribution >= 4 is 28.9 Å². The number of thiophene rings is 1. The average molecular weight is 209 g/mol. The number of carbonyl (C=O) groups excluding carboxylic acids is 1. The van der Waals surface area contributed by atoms with E-state index >= 15 is 0 Å². The van der Waals surface area contributed by atoms with Crippen LogP contribution in [0.1, 0.15) is 16.1 Å². The Morgan fingerprint density at radius 1 is 1.64 bits per heavy atom. The second kappa shape index (κ2) is 4.44. The van der Waals surface area contributed by atoms with E-state index < -0.39 is 5.97 Å². The minimum atomic E-state index is -1.06. The summed E-state index contributed by atoms with van der Waals surface area (Å²) in [4.78, 5) is 21.8. The van der Waals surface area contributed by atoms with Crippen LogP contribution in [0.2, 0.25) is 0 Å². The van der Waals surface area contributed by atoms with Gasteiger partial charge in [-0.3, -0.25) is 4.79 Å². The van der Waals surface area contributed by atoms with Crippen LogP contribution in [0.15, 0.2) is 11.4 Å². The first-order chi connectivity index (χ1) is 6.65. The van der Waals surface area contributed by atoms with E-state index in [1.807, 2.05) is 0 Å². The molecule has 0 fully saturated rings. The van der Waals surface area contributed by atoms with Crippen molar-refractivity contribution < 1.29 is 14.7 Å². The molecular weight excluding hydrogens is 202 g/mol. The van der Waals surface area contributed by atoms with Gasteiger partial charge in [-0.25, -0.2) is 4.79 Å². The van der Waals surface area contributed by atoms with Crippen molar-refractivity contribution in [2.45, 2.75) is 6.42 Å². The van der Waals surface area contributed by atoms with Gasteiger partial charge < -0.3 is 10.4 Å². The minimum Gasteiger partial charge on any atom is -0.477 e. The molecule has 0 aromatic carbocycles. The van der Waals surface area contributed by atoms with E-state index in [-0.39, 0.29) is 17.2 Å². The van der Waals surface area contributed by atoms with E-state index in [1.165, 1.54) is 6.07 Å². The largest absolute Gasteiger partial charge is 0.477 e. The van der Waals surface area contributed by atoms with Crippen LogP contribution in [0.25, 0.3) is 0 Å². The monoisotopic (exact) mass is 209 g/mol. The zero-order valence-corrected chi connectivity index (χ0v) is 7.93. The maximum Gasteiger partial charge on any atom is 0.348 e. The summed E-state index contributed by atoms with van der Waals surface area (Å²) in [6.45, 7) is 0. The first kappa shape index (κ1) is 10.3. The van der Waals surface area contributed by atoms with E-state index in [9.17, 15) is 9.59 Å². The van der Waals surface area contributed by atoms with Gasteiger partial charge in [-0.05, 0) is 11.4 Å². The molecule has 0 aliphatic rings. The van der Waals surface area contributed by atoms with Crippen molar-refractivity contribution in [3.63, 3.8) is 0 Å². The lowest BCUT2D eigenvalue weighted by Crippen LogP contribution is -2.11. The van der Waals surface area contributed by atoms with E-state index in [0.717, 1.165) is 11.3 Å². The summed E-state index contributed by atoms with van der Waals surface area (Å²) in [5.41, 5.74) is 0.294. The van der Waals surface area contributed by atoms with Crippen LogP contribution >= 0.6 is 11.3 Å². The van der Waals surface area contributed by atoms with Crippen LogP contribution in [-0.4, -0.2) is 17.0 Å². The Morgan fingerprint density at radius 3 is 2.93 bits per heavy atom. The Labute approximate surface area is 84.6 Å². The highest BCUT2D eigenvalue weighted by molar-refractivity contribution is 7.12. The van der Waals surface area contributed by atoms with Gasteiger partial charge in [-0.15, -0.1) is 17.8 Å². The molecular formula is C9H7NO3S. The van der Waals surface area contributed by atoms with Gasteiger partial charge >= 0.3 is 5.97 Å². The van der Waals surface area contributed by atoms with Crippen LogP contribution in [0, 0.1) is 12.3 Å². The number of amides is 1. The Morgan fingerprint density at radius 2 is 2.36 bits per heavy atom. The van der Waals surface area contributed by atoms with Crippen molar-refractivity contribution in [1.29, 1.82) is 0 Å². The predicted molar refractivity (Wildman–Crippen MR) is 53.4 cm³/mol. The molecule has 0 aliphatic heterocycles. The lowest BCUT2D eigenvalue weighted by atomic mass is 10.3. The summed E-state index contributed by atoms with van der Waals surface area (Å²) in [6.07, 6.45) is 4.87. The molecule has 1 amide bonds. The summed E-state index contributed by atoms with van der Waals surface area (Å²) in [5.74, 6) is 0.732. The third-order valence-corrected chi connectivity index (χ3v) is 2.30. The topological polar surface area (TPSA) is 66.4 Å². The quantitative estimate of drug-likeness (QED) is 0.739.